The summed E-state index contributed by atoms with van der Waals surface area (Å²) in [4.78, 5) is 16.4. The van der Waals surface area contributed by atoms with Crippen LogP contribution in [0.2, 0.25) is 5.02 Å². The lowest BCUT2D eigenvalue weighted by Gasteiger charge is -2.07. The van der Waals surface area contributed by atoms with E-state index in [4.69, 9.17) is 16.3 Å². The molecule has 8 heteroatoms. The summed E-state index contributed by atoms with van der Waals surface area (Å²) in [6.07, 6.45) is 3.34. The van der Waals surface area contributed by atoms with Crippen LogP contribution in [0.3, 0.4) is 0 Å². The van der Waals surface area contributed by atoms with E-state index in [1.807, 2.05) is 67.6 Å². The fraction of sp³-hybridized carbons (Fsp3) is 0.0833. The number of amides is 1. The Hall–Kier alpha value is -3.97. The predicted octanol–water partition coefficient (Wildman–Crippen LogP) is 4.86. The molecule has 32 heavy (non-hydrogen) atoms. The van der Waals surface area contributed by atoms with Gasteiger partial charge in [0.05, 0.1) is 11.4 Å². The Kier molecular flexibility index (Phi) is 6.57. The second-order valence-electron chi connectivity index (χ2n) is 6.98. The number of hydrogen-bond acceptors (Lipinski definition) is 5. The van der Waals surface area contributed by atoms with Crippen molar-refractivity contribution >= 4 is 23.2 Å². The highest BCUT2D eigenvalue weighted by Gasteiger charge is 2.11. The van der Waals surface area contributed by atoms with Gasteiger partial charge in [-0.25, -0.2) is 5.43 Å². The zero-order chi connectivity index (χ0) is 22.3. The van der Waals surface area contributed by atoms with Gasteiger partial charge in [0.25, 0.3) is 5.91 Å². The van der Waals surface area contributed by atoms with Gasteiger partial charge in [0, 0.05) is 28.5 Å². The summed E-state index contributed by atoms with van der Waals surface area (Å²) in [6.45, 7) is 2.26. The van der Waals surface area contributed by atoms with Crippen LogP contribution in [0.15, 0.2) is 84.2 Å². The summed E-state index contributed by atoms with van der Waals surface area (Å²) in [6, 6.07) is 20.3. The average molecular weight is 446 g/mol. The minimum absolute atomic E-state index is 0.314. The van der Waals surface area contributed by atoms with E-state index in [0.29, 0.717) is 28.7 Å². The number of ether oxygens (including phenoxy) is 1. The molecule has 0 aliphatic heterocycles. The van der Waals surface area contributed by atoms with Crippen molar-refractivity contribution in [2.75, 3.05) is 0 Å². The highest BCUT2D eigenvalue weighted by molar-refractivity contribution is 6.30. The molecule has 0 saturated heterocycles. The molecule has 2 aromatic heterocycles. The molecule has 0 aliphatic carbocycles. The summed E-state index contributed by atoms with van der Waals surface area (Å²) in [7, 11) is 0. The van der Waals surface area contributed by atoms with Crippen molar-refractivity contribution in [2.24, 2.45) is 5.10 Å². The van der Waals surface area contributed by atoms with Gasteiger partial charge in [0.1, 0.15) is 18.1 Å². The quantitative estimate of drug-likeness (QED) is 0.314. The van der Waals surface area contributed by atoms with Crippen LogP contribution in [0.1, 0.15) is 28.5 Å². The minimum atomic E-state index is -0.375. The number of nitrogens with zero attached hydrogens (tertiary/aromatic N) is 3. The molecule has 2 aromatic carbocycles. The van der Waals surface area contributed by atoms with E-state index in [-0.39, 0.29) is 5.91 Å². The Morgan fingerprint density at radius 1 is 1.06 bits per heavy atom. The topological polar surface area (TPSA) is 92.3 Å². The molecule has 0 spiro atoms. The Morgan fingerprint density at radius 2 is 1.78 bits per heavy atom. The number of carbonyl (C=O) groups is 1. The molecule has 4 aromatic rings. The average Bonchev–Trinajstić information content (AvgIpc) is 3.33. The number of halogens is 1. The number of hydrogen-bond donors (Lipinski definition) is 2. The van der Waals surface area contributed by atoms with Gasteiger partial charge in [0.15, 0.2) is 0 Å². The summed E-state index contributed by atoms with van der Waals surface area (Å²) in [5, 5.41) is 11.8. The molecule has 2 N–H and O–H groups in total. The Labute approximate surface area is 190 Å². The Bertz CT molecular complexity index is 1220. The fourth-order valence-corrected chi connectivity index (χ4v) is 3.03. The van der Waals surface area contributed by atoms with Crippen molar-refractivity contribution in [3.05, 3.63) is 101 Å². The van der Waals surface area contributed by atoms with Crippen LogP contribution in [0.25, 0.3) is 11.3 Å². The fourth-order valence-electron chi connectivity index (χ4n) is 2.91. The summed E-state index contributed by atoms with van der Waals surface area (Å²) >= 11 is 5.90. The van der Waals surface area contributed by atoms with Gasteiger partial charge in [-0.2, -0.15) is 10.2 Å². The third-order valence-corrected chi connectivity index (χ3v) is 4.97. The first kappa shape index (κ1) is 21.3. The molecule has 0 fully saturated rings. The van der Waals surface area contributed by atoms with Gasteiger partial charge in [-0.15, -0.1) is 0 Å². The van der Waals surface area contributed by atoms with Crippen molar-refractivity contribution in [2.45, 2.75) is 13.5 Å². The van der Waals surface area contributed by atoms with Gasteiger partial charge < -0.3 is 4.74 Å². The van der Waals surface area contributed by atoms with Crippen LogP contribution in [-0.2, 0) is 6.61 Å². The van der Waals surface area contributed by atoms with Gasteiger partial charge in [-0.05, 0) is 67.1 Å². The van der Waals surface area contributed by atoms with Crippen molar-refractivity contribution in [1.29, 1.82) is 0 Å². The molecule has 2 heterocycles. The molecular formula is C24H20ClN5O2. The molecule has 0 radical (unpaired) electrons. The standard InChI is InChI=1S/C24H20ClN5O2/c1-16(18-10-12-26-13-11-18)27-30-24(31)23-14-22(28-29-23)19-4-8-21(9-5-19)32-15-17-2-6-20(25)7-3-17/h2-14H,15H2,1H3,(H,28,29)(H,30,31)/b27-16+. The van der Waals surface area contributed by atoms with Gasteiger partial charge in [0.2, 0.25) is 0 Å². The van der Waals surface area contributed by atoms with Crippen molar-refractivity contribution in [1.82, 2.24) is 20.6 Å². The zero-order valence-corrected chi connectivity index (χ0v) is 18.0. The lowest BCUT2D eigenvalue weighted by Crippen LogP contribution is -2.19. The molecular weight excluding hydrogens is 426 g/mol. The first-order chi connectivity index (χ1) is 15.6. The van der Waals surface area contributed by atoms with Crippen LogP contribution in [0.4, 0.5) is 0 Å². The maximum Gasteiger partial charge on any atom is 0.289 e. The Balaban J connectivity index is 1.36. The molecule has 0 bridgehead atoms. The first-order valence-electron chi connectivity index (χ1n) is 9.86. The monoisotopic (exact) mass is 445 g/mol. The van der Waals surface area contributed by atoms with Gasteiger partial charge in [-0.3, -0.25) is 14.9 Å². The van der Waals surface area contributed by atoms with Crippen LogP contribution in [0.5, 0.6) is 5.75 Å². The van der Waals surface area contributed by atoms with Crippen molar-refractivity contribution in [3.63, 3.8) is 0 Å². The summed E-state index contributed by atoms with van der Waals surface area (Å²) < 4.78 is 5.80. The third kappa shape index (κ3) is 5.39. The number of benzene rings is 2. The molecule has 4 rings (SSSR count). The number of hydrazone groups is 1. The molecule has 0 unspecified atom stereocenters. The predicted molar refractivity (Wildman–Crippen MR) is 124 cm³/mol. The van der Waals surface area contributed by atoms with Crippen LogP contribution < -0.4 is 10.2 Å². The molecule has 0 saturated carbocycles. The maximum atomic E-state index is 12.4. The number of nitrogens with one attached hydrogen (secondary N) is 2. The minimum Gasteiger partial charge on any atom is -0.489 e. The normalized spacial score (nSPS) is 11.2. The first-order valence-corrected chi connectivity index (χ1v) is 10.2. The zero-order valence-electron chi connectivity index (χ0n) is 17.2. The van der Waals surface area contributed by atoms with E-state index in [1.54, 1.807) is 18.5 Å². The largest absolute Gasteiger partial charge is 0.489 e. The van der Waals surface area contributed by atoms with E-state index < -0.39 is 0 Å². The van der Waals surface area contributed by atoms with E-state index in [1.165, 1.54) is 0 Å². The number of aromatic amines is 1. The SMILES string of the molecule is C/C(=N\NC(=O)c1cc(-c2ccc(OCc3ccc(Cl)cc3)cc2)n[nH]1)c1ccncc1. The highest BCUT2D eigenvalue weighted by atomic mass is 35.5. The highest BCUT2D eigenvalue weighted by Crippen LogP contribution is 2.22. The summed E-state index contributed by atoms with van der Waals surface area (Å²) in [5.41, 5.74) is 6.94. The van der Waals surface area contributed by atoms with Crippen LogP contribution in [0, 0.1) is 0 Å². The van der Waals surface area contributed by atoms with E-state index in [2.05, 4.69) is 25.7 Å². The molecule has 0 aliphatic rings. The molecule has 160 valence electrons. The lowest BCUT2D eigenvalue weighted by molar-refractivity contribution is 0.0950. The number of pyridine rings is 1. The van der Waals surface area contributed by atoms with E-state index in [9.17, 15) is 4.79 Å². The second-order valence-corrected chi connectivity index (χ2v) is 7.42. The number of aromatic nitrogens is 3. The summed E-state index contributed by atoms with van der Waals surface area (Å²) in [5.74, 6) is 0.359. The van der Waals surface area contributed by atoms with Crippen LogP contribution in [-0.4, -0.2) is 26.8 Å². The van der Waals surface area contributed by atoms with Crippen molar-refractivity contribution < 1.29 is 9.53 Å². The van der Waals surface area contributed by atoms with Gasteiger partial charge in [-0.1, -0.05) is 23.7 Å². The van der Waals surface area contributed by atoms with E-state index in [0.717, 1.165) is 22.4 Å². The van der Waals surface area contributed by atoms with E-state index >= 15 is 0 Å². The Morgan fingerprint density at radius 3 is 2.50 bits per heavy atom. The third-order valence-electron chi connectivity index (χ3n) is 4.71. The smallest absolute Gasteiger partial charge is 0.289 e. The second kappa shape index (κ2) is 9.89. The van der Waals surface area contributed by atoms with Crippen molar-refractivity contribution in [3.8, 4) is 17.0 Å². The number of carbonyl (C=O) groups excluding carboxylic acids is 1. The lowest BCUT2D eigenvalue weighted by atomic mass is 10.1. The number of rotatable bonds is 7. The molecule has 7 nitrogen and oxygen atoms in total. The molecule has 1 amide bonds. The number of H-pyrrole nitrogens is 1. The van der Waals surface area contributed by atoms with Gasteiger partial charge >= 0.3 is 0 Å². The van der Waals surface area contributed by atoms with Crippen LogP contribution >= 0.6 is 11.6 Å². The molecule has 0 atom stereocenters. The maximum absolute atomic E-state index is 12.4.